The first-order chi connectivity index (χ1) is 6.68. The van der Waals surface area contributed by atoms with Crippen molar-refractivity contribution in [2.75, 3.05) is 0 Å². The van der Waals surface area contributed by atoms with Crippen LogP contribution in [0, 0.1) is 10.1 Å². The molecule has 0 aromatic carbocycles. The number of nitrogens with zero attached hydrogens (tertiary/aromatic N) is 3. The summed E-state index contributed by atoms with van der Waals surface area (Å²) in [6.45, 7) is 0. The van der Waals surface area contributed by atoms with Crippen LogP contribution in [0.4, 0.5) is 0 Å². The Morgan fingerprint density at radius 3 is 3.00 bits per heavy atom. The van der Waals surface area contributed by atoms with Gasteiger partial charge in [0.2, 0.25) is 0 Å². The fourth-order valence-corrected chi connectivity index (χ4v) is 1.19. The van der Waals surface area contributed by atoms with Crippen LogP contribution < -0.4 is 10.7 Å². The first kappa shape index (κ1) is 8.49. The molecule has 1 atom stereocenters. The van der Waals surface area contributed by atoms with Crippen molar-refractivity contribution >= 4 is 12.0 Å². The molecule has 0 radical (unpaired) electrons. The monoisotopic (exact) mass is 191 g/mol. The SMILES string of the molecule is O=C1N=c2cccnc2=CC1[N+](=O)[O-]. The highest BCUT2D eigenvalue weighted by Gasteiger charge is 2.28. The maximum atomic E-state index is 11.1. The molecule has 0 aliphatic carbocycles. The lowest BCUT2D eigenvalue weighted by Gasteiger charge is -2.02. The lowest BCUT2D eigenvalue weighted by Crippen LogP contribution is -2.40. The van der Waals surface area contributed by atoms with Crippen molar-refractivity contribution < 1.29 is 9.72 Å². The second-order valence-electron chi connectivity index (χ2n) is 2.75. The number of hydrogen-bond acceptors (Lipinski definition) is 4. The maximum Gasteiger partial charge on any atom is 0.325 e. The van der Waals surface area contributed by atoms with Crippen molar-refractivity contribution in [2.24, 2.45) is 4.99 Å². The topological polar surface area (TPSA) is 85.5 Å². The average molecular weight is 191 g/mol. The number of carbonyl (C=O) groups is 1. The predicted molar refractivity (Wildman–Crippen MR) is 45.3 cm³/mol. The molecule has 2 rings (SSSR count). The zero-order valence-electron chi connectivity index (χ0n) is 6.95. The molecule has 0 saturated carbocycles. The Kier molecular flexibility index (Phi) is 1.81. The zero-order chi connectivity index (χ0) is 10.1. The van der Waals surface area contributed by atoms with Crippen molar-refractivity contribution in [1.29, 1.82) is 0 Å². The average Bonchev–Trinajstić information content (AvgIpc) is 2.16. The maximum absolute atomic E-state index is 11.1. The summed E-state index contributed by atoms with van der Waals surface area (Å²) in [5.74, 6) is -0.754. The van der Waals surface area contributed by atoms with E-state index in [0.717, 1.165) is 0 Å². The van der Waals surface area contributed by atoms with Crippen molar-refractivity contribution in [2.45, 2.75) is 6.04 Å². The van der Waals surface area contributed by atoms with E-state index in [1.165, 1.54) is 12.3 Å². The summed E-state index contributed by atoms with van der Waals surface area (Å²) in [5.41, 5.74) is 0. The van der Waals surface area contributed by atoms with Gasteiger partial charge in [0.05, 0.1) is 10.7 Å². The van der Waals surface area contributed by atoms with E-state index in [1.54, 1.807) is 12.1 Å². The Bertz CT molecular complexity index is 523. The van der Waals surface area contributed by atoms with Gasteiger partial charge in [0.15, 0.2) is 0 Å². The zero-order valence-corrected chi connectivity index (χ0v) is 6.95. The molecule has 1 unspecified atom stereocenters. The van der Waals surface area contributed by atoms with E-state index < -0.39 is 16.9 Å². The molecule has 1 aromatic rings. The van der Waals surface area contributed by atoms with Gasteiger partial charge in [0, 0.05) is 17.2 Å². The van der Waals surface area contributed by atoms with Crippen molar-refractivity contribution in [3.05, 3.63) is 39.2 Å². The lowest BCUT2D eigenvalue weighted by atomic mass is 10.2. The molecule has 1 amide bonds. The Hall–Kier alpha value is -2.11. The third-order valence-corrected chi connectivity index (χ3v) is 1.84. The number of carbonyl (C=O) groups excluding carboxylic acids is 1. The Morgan fingerprint density at radius 2 is 2.29 bits per heavy atom. The van der Waals surface area contributed by atoms with Gasteiger partial charge in [0.25, 0.3) is 0 Å². The van der Waals surface area contributed by atoms with E-state index in [1.807, 2.05) is 0 Å². The molecule has 0 bridgehead atoms. The number of hydrogen-bond donors (Lipinski definition) is 0. The molecule has 70 valence electrons. The minimum absolute atomic E-state index is 0.383. The minimum atomic E-state index is -1.39. The van der Waals surface area contributed by atoms with Crippen LogP contribution in [0.1, 0.15) is 0 Å². The van der Waals surface area contributed by atoms with Gasteiger partial charge in [-0.2, -0.15) is 0 Å². The second-order valence-corrected chi connectivity index (χ2v) is 2.75. The van der Waals surface area contributed by atoms with Crippen LogP contribution in [-0.4, -0.2) is 21.9 Å². The van der Waals surface area contributed by atoms with Crippen LogP contribution >= 0.6 is 0 Å². The van der Waals surface area contributed by atoms with Gasteiger partial charge in [0.1, 0.15) is 0 Å². The van der Waals surface area contributed by atoms with Gasteiger partial charge in [-0.15, -0.1) is 0 Å². The van der Waals surface area contributed by atoms with Gasteiger partial charge < -0.3 is 0 Å². The number of nitro groups is 1. The molecule has 6 nitrogen and oxygen atoms in total. The van der Waals surface area contributed by atoms with E-state index in [0.29, 0.717) is 10.7 Å². The van der Waals surface area contributed by atoms with Crippen LogP contribution in [0.3, 0.4) is 0 Å². The van der Waals surface area contributed by atoms with E-state index in [-0.39, 0.29) is 0 Å². The summed E-state index contributed by atoms with van der Waals surface area (Å²) >= 11 is 0. The third-order valence-electron chi connectivity index (χ3n) is 1.84. The minimum Gasteiger partial charge on any atom is -0.264 e. The number of aromatic nitrogens is 1. The van der Waals surface area contributed by atoms with Gasteiger partial charge >= 0.3 is 11.9 Å². The smallest absolute Gasteiger partial charge is 0.264 e. The highest BCUT2D eigenvalue weighted by atomic mass is 16.6. The van der Waals surface area contributed by atoms with Crippen molar-refractivity contribution in [3.63, 3.8) is 0 Å². The first-order valence-electron chi connectivity index (χ1n) is 3.87. The van der Waals surface area contributed by atoms with Gasteiger partial charge in [-0.05, 0) is 12.1 Å². The number of rotatable bonds is 1. The summed E-state index contributed by atoms with van der Waals surface area (Å²) in [6, 6.07) is 1.82. The molecular formula is C8H5N3O3. The summed E-state index contributed by atoms with van der Waals surface area (Å²) in [5, 5.41) is 11.2. The number of fused-ring (bicyclic) bond motifs is 1. The van der Waals surface area contributed by atoms with Crippen LogP contribution in [0.15, 0.2) is 23.3 Å². The summed E-state index contributed by atoms with van der Waals surface area (Å²) in [6.07, 6.45) is 2.71. The lowest BCUT2D eigenvalue weighted by molar-refractivity contribution is -0.490. The van der Waals surface area contributed by atoms with Crippen LogP contribution in [-0.2, 0) is 4.79 Å². The molecule has 0 fully saturated rings. The van der Waals surface area contributed by atoms with Gasteiger partial charge in [-0.25, -0.2) is 4.99 Å². The summed E-state index contributed by atoms with van der Waals surface area (Å²) in [4.78, 5) is 28.3. The molecule has 0 saturated heterocycles. The molecule has 1 aliphatic heterocycles. The predicted octanol–water partition coefficient (Wildman–Crippen LogP) is -1.33. The standard InChI is InChI=1S/C8H5N3O3/c12-8-7(11(13)14)4-6-5(10-8)2-1-3-9-6/h1-4,7H. The highest BCUT2D eigenvalue weighted by Crippen LogP contribution is 1.96. The van der Waals surface area contributed by atoms with E-state index >= 15 is 0 Å². The Morgan fingerprint density at radius 1 is 1.50 bits per heavy atom. The molecular weight excluding hydrogens is 186 g/mol. The molecule has 1 aliphatic rings. The summed E-state index contributed by atoms with van der Waals surface area (Å²) < 4.78 is 0. The van der Waals surface area contributed by atoms with Crippen molar-refractivity contribution in [1.82, 2.24) is 4.98 Å². The fourth-order valence-electron chi connectivity index (χ4n) is 1.19. The number of pyridine rings is 1. The van der Waals surface area contributed by atoms with Gasteiger partial charge in [-0.3, -0.25) is 19.9 Å². The largest absolute Gasteiger partial charge is 0.325 e. The van der Waals surface area contributed by atoms with E-state index in [9.17, 15) is 14.9 Å². The Balaban J connectivity index is 2.67. The molecule has 14 heavy (non-hydrogen) atoms. The third kappa shape index (κ3) is 1.26. The van der Waals surface area contributed by atoms with E-state index in [4.69, 9.17) is 0 Å². The molecule has 0 N–H and O–H groups in total. The molecule has 1 aromatic heterocycles. The summed E-state index contributed by atoms with van der Waals surface area (Å²) in [7, 11) is 0. The quantitative estimate of drug-likeness (QED) is 0.406. The number of amides is 1. The van der Waals surface area contributed by atoms with Crippen LogP contribution in [0.25, 0.3) is 6.08 Å². The fraction of sp³-hybridized carbons (Fsp3) is 0.125. The van der Waals surface area contributed by atoms with E-state index in [2.05, 4.69) is 9.98 Å². The van der Waals surface area contributed by atoms with Crippen molar-refractivity contribution in [3.8, 4) is 0 Å². The van der Waals surface area contributed by atoms with Crippen LogP contribution in [0.5, 0.6) is 0 Å². The van der Waals surface area contributed by atoms with Crippen LogP contribution in [0.2, 0.25) is 0 Å². The molecule has 0 spiro atoms. The molecule has 2 heterocycles. The Labute approximate surface area is 77.8 Å². The molecule has 6 heteroatoms. The second kappa shape index (κ2) is 2.99. The van der Waals surface area contributed by atoms with Gasteiger partial charge in [-0.1, -0.05) is 0 Å². The first-order valence-corrected chi connectivity index (χ1v) is 3.87. The normalized spacial score (nSPS) is 19.1. The highest BCUT2D eigenvalue weighted by molar-refractivity contribution is 5.88.